The molecule has 0 spiro atoms. The van der Waals surface area contributed by atoms with Crippen LogP contribution in [0.15, 0.2) is 18.5 Å². The Kier molecular flexibility index (Phi) is 5.40. The summed E-state index contributed by atoms with van der Waals surface area (Å²) >= 11 is 6.19. The van der Waals surface area contributed by atoms with Crippen molar-refractivity contribution >= 4 is 28.6 Å². The lowest BCUT2D eigenvalue weighted by atomic mass is 10.2. The van der Waals surface area contributed by atoms with E-state index in [0.29, 0.717) is 42.2 Å². The van der Waals surface area contributed by atoms with E-state index in [-0.39, 0.29) is 18.4 Å². The molecule has 1 N–H and O–H groups in total. The van der Waals surface area contributed by atoms with Crippen LogP contribution in [0.2, 0.25) is 5.15 Å². The van der Waals surface area contributed by atoms with E-state index in [1.165, 1.54) is 11.2 Å². The van der Waals surface area contributed by atoms with E-state index in [2.05, 4.69) is 9.97 Å². The first-order chi connectivity index (χ1) is 12.1. The number of nitrogens with zero attached hydrogens (tertiary/aromatic N) is 3. The van der Waals surface area contributed by atoms with E-state index in [4.69, 9.17) is 25.8 Å². The van der Waals surface area contributed by atoms with Gasteiger partial charge in [-0.05, 0) is 6.92 Å². The second kappa shape index (κ2) is 7.71. The quantitative estimate of drug-likeness (QED) is 0.811. The van der Waals surface area contributed by atoms with Crippen LogP contribution in [0.25, 0.3) is 10.9 Å². The van der Waals surface area contributed by atoms with Crippen molar-refractivity contribution in [3.8, 4) is 11.5 Å². The number of ether oxygens (including phenoxy) is 3. The summed E-state index contributed by atoms with van der Waals surface area (Å²) in [5, 5.41) is 10.1. The van der Waals surface area contributed by atoms with Crippen molar-refractivity contribution in [1.29, 1.82) is 0 Å². The number of carboxylic acid groups (broad SMARTS) is 1. The lowest BCUT2D eigenvalue weighted by molar-refractivity contribution is -0.0146. The zero-order valence-electron chi connectivity index (χ0n) is 13.6. The lowest BCUT2D eigenvalue weighted by Gasteiger charge is -2.33. The minimum Gasteiger partial charge on any atom is -0.494 e. The van der Waals surface area contributed by atoms with Crippen LogP contribution in [0.1, 0.15) is 6.92 Å². The van der Waals surface area contributed by atoms with Gasteiger partial charge in [0.05, 0.1) is 36.8 Å². The smallest absolute Gasteiger partial charge is 0.407 e. The molecule has 0 bridgehead atoms. The molecule has 0 saturated carbocycles. The first kappa shape index (κ1) is 17.5. The highest BCUT2D eigenvalue weighted by Crippen LogP contribution is 2.34. The van der Waals surface area contributed by atoms with Gasteiger partial charge >= 0.3 is 6.09 Å². The second-order valence-corrected chi connectivity index (χ2v) is 5.79. The summed E-state index contributed by atoms with van der Waals surface area (Å²) in [4.78, 5) is 20.8. The predicted octanol–water partition coefficient (Wildman–Crippen LogP) is 2.44. The Hall–Kier alpha value is -2.32. The van der Waals surface area contributed by atoms with Crippen molar-refractivity contribution in [3.63, 3.8) is 0 Å². The second-order valence-electron chi connectivity index (χ2n) is 5.43. The monoisotopic (exact) mass is 367 g/mol. The van der Waals surface area contributed by atoms with Crippen LogP contribution < -0.4 is 9.47 Å². The van der Waals surface area contributed by atoms with Crippen LogP contribution >= 0.6 is 11.6 Å². The van der Waals surface area contributed by atoms with Gasteiger partial charge in [-0.2, -0.15) is 0 Å². The highest BCUT2D eigenvalue weighted by atomic mass is 35.5. The van der Waals surface area contributed by atoms with E-state index in [1.807, 2.05) is 6.92 Å². The van der Waals surface area contributed by atoms with E-state index < -0.39 is 12.1 Å². The topological polar surface area (TPSA) is 94.0 Å². The summed E-state index contributed by atoms with van der Waals surface area (Å²) in [6.07, 6.45) is 0.372. The molecule has 0 radical (unpaired) electrons. The molecule has 1 atom stereocenters. The Morgan fingerprint density at radius 3 is 3.04 bits per heavy atom. The van der Waals surface area contributed by atoms with Crippen LogP contribution in [-0.2, 0) is 4.74 Å². The Bertz CT molecular complexity index is 773. The molecule has 3 rings (SSSR count). The molecule has 1 aromatic heterocycles. The molecule has 8 nitrogen and oxygen atoms in total. The molecule has 2 heterocycles. The largest absolute Gasteiger partial charge is 0.494 e. The number of fused-ring (bicyclic) bond motifs is 1. The molecule has 2 aromatic rings. The SMILES string of the molecule is CCOc1cc(OC[C@H]2COCCN2C(=O)O)c2c(Cl)ncnc2c1. The van der Waals surface area contributed by atoms with Gasteiger partial charge in [-0.3, -0.25) is 4.90 Å². The fourth-order valence-corrected chi connectivity index (χ4v) is 2.92. The Morgan fingerprint density at radius 2 is 2.28 bits per heavy atom. The molecule has 134 valence electrons. The number of benzene rings is 1. The summed E-state index contributed by atoms with van der Waals surface area (Å²) < 4.78 is 16.8. The van der Waals surface area contributed by atoms with Gasteiger partial charge in [0, 0.05) is 18.7 Å². The number of hydrogen-bond donors (Lipinski definition) is 1. The molecule has 1 fully saturated rings. The van der Waals surface area contributed by atoms with Crippen molar-refractivity contribution in [3.05, 3.63) is 23.6 Å². The zero-order valence-corrected chi connectivity index (χ0v) is 14.4. The number of rotatable bonds is 5. The average Bonchev–Trinajstić information content (AvgIpc) is 2.60. The van der Waals surface area contributed by atoms with Crippen molar-refractivity contribution in [1.82, 2.24) is 14.9 Å². The van der Waals surface area contributed by atoms with Gasteiger partial charge < -0.3 is 19.3 Å². The van der Waals surface area contributed by atoms with Crippen LogP contribution in [0.5, 0.6) is 11.5 Å². The predicted molar refractivity (Wildman–Crippen MR) is 90.5 cm³/mol. The van der Waals surface area contributed by atoms with E-state index in [0.717, 1.165) is 0 Å². The minimum atomic E-state index is -0.994. The fourth-order valence-electron chi connectivity index (χ4n) is 2.69. The number of carbonyl (C=O) groups is 1. The van der Waals surface area contributed by atoms with E-state index >= 15 is 0 Å². The Morgan fingerprint density at radius 1 is 1.44 bits per heavy atom. The van der Waals surface area contributed by atoms with Gasteiger partial charge in [-0.15, -0.1) is 0 Å². The lowest BCUT2D eigenvalue weighted by Crippen LogP contribution is -2.50. The third-order valence-electron chi connectivity index (χ3n) is 3.84. The summed E-state index contributed by atoms with van der Waals surface area (Å²) in [5.41, 5.74) is 0.593. The molecule has 1 aliphatic heterocycles. The van der Waals surface area contributed by atoms with E-state index in [1.54, 1.807) is 12.1 Å². The van der Waals surface area contributed by atoms with Gasteiger partial charge in [-0.25, -0.2) is 14.8 Å². The van der Waals surface area contributed by atoms with Crippen LogP contribution in [0, 0.1) is 0 Å². The highest BCUT2D eigenvalue weighted by molar-refractivity contribution is 6.34. The molecule has 25 heavy (non-hydrogen) atoms. The van der Waals surface area contributed by atoms with Crippen LogP contribution in [0.3, 0.4) is 0 Å². The molecular formula is C16H18ClN3O5. The number of aromatic nitrogens is 2. The maximum absolute atomic E-state index is 11.3. The van der Waals surface area contributed by atoms with Crippen LogP contribution in [-0.4, -0.2) is 65.1 Å². The molecular weight excluding hydrogens is 350 g/mol. The number of halogens is 1. The molecule has 1 aliphatic rings. The first-order valence-electron chi connectivity index (χ1n) is 7.87. The highest BCUT2D eigenvalue weighted by Gasteiger charge is 2.28. The van der Waals surface area contributed by atoms with Gasteiger partial charge in [0.25, 0.3) is 0 Å². The fraction of sp³-hybridized carbons (Fsp3) is 0.438. The van der Waals surface area contributed by atoms with Crippen molar-refractivity contribution in [2.45, 2.75) is 13.0 Å². The number of amides is 1. The first-order valence-corrected chi connectivity index (χ1v) is 8.25. The summed E-state index contributed by atoms with van der Waals surface area (Å²) in [5.74, 6) is 1.04. The molecule has 1 saturated heterocycles. The van der Waals surface area contributed by atoms with E-state index in [9.17, 15) is 9.90 Å². The third-order valence-corrected chi connectivity index (χ3v) is 4.13. The molecule has 9 heteroatoms. The normalized spacial score (nSPS) is 17.5. The van der Waals surface area contributed by atoms with Crippen LogP contribution in [0.4, 0.5) is 4.79 Å². The zero-order chi connectivity index (χ0) is 17.8. The van der Waals surface area contributed by atoms with Gasteiger partial charge in [0.1, 0.15) is 29.6 Å². The Labute approximate surface area is 149 Å². The molecule has 1 aromatic carbocycles. The average molecular weight is 368 g/mol. The van der Waals surface area contributed by atoms with Gasteiger partial charge in [0.15, 0.2) is 0 Å². The van der Waals surface area contributed by atoms with Crippen molar-refractivity contribution < 1.29 is 24.1 Å². The summed E-state index contributed by atoms with van der Waals surface area (Å²) in [6, 6.07) is 3.06. The molecule has 0 aliphatic carbocycles. The minimum absolute atomic E-state index is 0.127. The molecule has 0 unspecified atom stereocenters. The third kappa shape index (κ3) is 3.85. The Balaban J connectivity index is 1.88. The number of hydrogen-bond acceptors (Lipinski definition) is 6. The summed E-state index contributed by atoms with van der Waals surface area (Å²) in [6.45, 7) is 3.47. The maximum Gasteiger partial charge on any atom is 0.407 e. The molecule has 1 amide bonds. The van der Waals surface area contributed by atoms with Gasteiger partial charge in [0.2, 0.25) is 0 Å². The van der Waals surface area contributed by atoms with Crippen molar-refractivity contribution in [2.24, 2.45) is 0 Å². The maximum atomic E-state index is 11.3. The standard InChI is InChI=1S/C16H18ClN3O5/c1-2-24-11-5-12-14(15(17)19-9-18-12)13(6-11)25-8-10-7-23-4-3-20(10)16(21)22/h5-6,9-10H,2-4,7-8H2,1H3,(H,21,22)/t10-/m1/s1. The summed E-state index contributed by atoms with van der Waals surface area (Å²) in [7, 11) is 0. The number of morpholine rings is 1. The van der Waals surface area contributed by atoms with Gasteiger partial charge in [-0.1, -0.05) is 11.6 Å². The van der Waals surface area contributed by atoms with Crippen molar-refractivity contribution in [2.75, 3.05) is 33.0 Å².